The zero-order valence-corrected chi connectivity index (χ0v) is 20.7. The number of carbonyl (C=O) groups is 2. The minimum atomic E-state index is -0.525. The molecule has 0 heterocycles. The van der Waals surface area contributed by atoms with Gasteiger partial charge in [0.25, 0.3) is 5.91 Å². The molecular formula is C24H41N5O3. The van der Waals surface area contributed by atoms with Crippen molar-refractivity contribution in [1.29, 1.82) is 0 Å². The van der Waals surface area contributed by atoms with Crippen molar-refractivity contribution in [1.82, 2.24) is 20.9 Å². The van der Waals surface area contributed by atoms with Crippen LogP contribution < -0.4 is 16.0 Å². The second kappa shape index (κ2) is 13.6. The third kappa shape index (κ3) is 11.0. The molecule has 0 spiro atoms. The highest BCUT2D eigenvalue weighted by atomic mass is 16.6. The molecule has 1 rings (SSSR count). The summed E-state index contributed by atoms with van der Waals surface area (Å²) in [5.41, 5.74) is 1.24. The van der Waals surface area contributed by atoms with Crippen LogP contribution >= 0.6 is 0 Å². The first-order valence-corrected chi connectivity index (χ1v) is 11.3. The highest BCUT2D eigenvalue weighted by Gasteiger charge is 2.18. The molecule has 0 saturated carbocycles. The fourth-order valence-electron chi connectivity index (χ4n) is 3.03. The number of nitrogens with zero attached hydrogens (tertiary/aromatic N) is 2. The molecule has 1 atom stereocenters. The predicted octanol–water partition coefficient (Wildman–Crippen LogP) is 3.18. The monoisotopic (exact) mass is 447 g/mol. The summed E-state index contributed by atoms with van der Waals surface area (Å²) >= 11 is 0. The smallest absolute Gasteiger partial charge is 0.407 e. The molecule has 3 N–H and O–H groups in total. The van der Waals surface area contributed by atoms with E-state index in [0.29, 0.717) is 24.6 Å². The Hall–Kier alpha value is -2.77. The van der Waals surface area contributed by atoms with Crippen LogP contribution in [0, 0.1) is 0 Å². The number of hydrogen-bond acceptors (Lipinski definition) is 4. The lowest BCUT2D eigenvalue weighted by Crippen LogP contribution is -2.49. The van der Waals surface area contributed by atoms with Gasteiger partial charge in [-0.15, -0.1) is 0 Å². The summed E-state index contributed by atoms with van der Waals surface area (Å²) in [7, 11) is 5.22. The van der Waals surface area contributed by atoms with Crippen molar-refractivity contribution >= 4 is 18.0 Å². The maximum Gasteiger partial charge on any atom is 0.407 e. The zero-order valence-electron chi connectivity index (χ0n) is 20.7. The Bertz CT molecular complexity index is 756. The van der Waals surface area contributed by atoms with E-state index in [0.717, 1.165) is 31.2 Å². The molecule has 1 aromatic carbocycles. The van der Waals surface area contributed by atoms with E-state index in [2.05, 4.69) is 27.9 Å². The van der Waals surface area contributed by atoms with Crippen LogP contribution in [0.3, 0.4) is 0 Å². The van der Waals surface area contributed by atoms with E-state index in [1.807, 2.05) is 45.0 Å². The van der Waals surface area contributed by atoms with Crippen LogP contribution in [-0.2, 0) is 11.2 Å². The molecule has 0 aromatic heterocycles. The largest absolute Gasteiger partial charge is 0.444 e. The van der Waals surface area contributed by atoms with Gasteiger partial charge in [0.1, 0.15) is 5.60 Å². The molecule has 1 aromatic rings. The maximum absolute atomic E-state index is 12.2. The van der Waals surface area contributed by atoms with E-state index in [-0.39, 0.29) is 11.9 Å². The number of rotatable bonds is 10. The molecular weight excluding hydrogens is 406 g/mol. The fraction of sp³-hybridized carbons (Fsp3) is 0.625. The van der Waals surface area contributed by atoms with Crippen LogP contribution in [0.15, 0.2) is 29.3 Å². The van der Waals surface area contributed by atoms with Gasteiger partial charge in [0.2, 0.25) is 0 Å². The number of guanidine groups is 1. The Morgan fingerprint density at radius 3 is 2.50 bits per heavy atom. The van der Waals surface area contributed by atoms with Crippen LogP contribution in [0.1, 0.15) is 62.9 Å². The van der Waals surface area contributed by atoms with Crippen molar-refractivity contribution in [3.8, 4) is 0 Å². The van der Waals surface area contributed by atoms with E-state index in [9.17, 15) is 9.59 Å². The molecule has 8 nitrogen and oxygen atoms in total. The number of ether oxygens (including phenoxy) is 1. The Morgan fingerprint density at radius 1 is 1.19 bits per heavy atom. The van der Waals surface area contributed by atoms with Crippen molar-refractivity contribution in [3.05, 3.63) is 35.4 Å². The summed E-state index contributed by atoms with van der Waals surface area (Å²) in [6.45, 7) is 8.79. The summed E-state index contributed by atoms with van der Waals surface area (Å²) in [6.07, 6.45) is 3.35. The molecule has 0 aliphatic rings. The molecule has 0 radical (unpaired) electrons. The average Bonchev–Trinajstić information content (AvgIpc) is 2.72. The molecule has 32 heavy (non-hydrogen) atoms. The number of hydrogen-bond donors (Lipinski definition) is 3. The zero-order chi connectivity index (χ0) is 24.1. The van der Waals surface area contributed by atoms with Crippen molar-refractivity contribution < 1.29 is 14.3 Å². The lowest BCUT2D eigenvalue weighted by Gasteiger charge is -2.24. The van der Waals surface area contributed by atoms with Gasteiger partial charge < -0.3 is 25.6 Å². The lowest BCUT2D eigenvalue weighted by atomic mass is 10.1. The van der Waals surface area contributed by atoms with E-state index < -0.39 is 11.7 Å². The van der Waals surface area contributed by atoms with E-state index in [1.54, 1.807) is 26.0 Å². The van der Waals surface area contributed by atoms with E-state index in [1.165, 1.54) is 0 Å². The van der Waals surface area contributed by atoms with Gasteiger partial charge in [-0.2, -0.15) is 0 Å². The third-order valence-corrected chi connectivity index (χ3v) is 4.65. The lowest BCUT2D eigenvalue weighted by molar-refractivity contribution is 0.0522. The topological polar surface area (TPSA) is 95.1 Å². The van der Waals surface area contributed by atoms with E-state index >= 15 is 0 Å². The van der Waals surface area contributed by atoms with Crippen LogP contribution in [0.25, 0.3) is 0 Å². The predicted molar refractivity (Wildman–Crippen MR) is 130 cm³/mol. The van der Waals surface area contributed by atoms with Gasteiger partial charge in [0.05, 0.1) is 0 Å². The number of carbonyl (C=O) groups excluding carboxylic acids is 2. The van der Waals surface area contributed by atoms with Crippen LogP contribution in [0.2, 0.25) is 0 Å². The Balaban J connectivity index is 2.60. The number of alkyl carbamates (subject to hydrolysis) is 1. The standard InChI is InChI=1S/C24H41N5O3/c1-8-9-13-20(17-27-23(31)32-24(2,3)4)28-22(25-5)26-15-14-18-11-10-12-19(16-18)21(30)29(6)7/h10-12,16,20H,8-9,13-15,17H2,1-7H3,(H,27,31)(H2,25,26,28). The molecule has 0 saturated heterocycles. The van der Waals surface area contributed by atoms with Gasteiger partial charge in [0, 0.05) is 45.8 Å². The summed E-state index contributed by atoms with van der Waals surface area (Å²) in [4.78, 5) is 30.1. The Kier molecular flexibility index (Phi) is 11.6. The van der Waals surface area contributed by atoms with Gasteiger partial charge >= 0.3 is 6.09 Å². The normalized spacial score (nSPS) is 12.7. The minimum absolute atomic E-state index is 0.00598. The molecule has 1 unspecified atom stereocenters. The van der Waals surface area contributed by atoms with Crippen molar-refractivity contribution in [2.45, 2.75) is 65.0 Å². The first-order valence-electron chi connectivity index (χ1n) is 11.3. The Labute approximate surface area is 193 Å². The van der Waals surface area contributed by atoms with Crippen molar-refractivity contribution in [2.75, 3.05) is 34.2 Å². The van der Waals surface area contributed by atoms with Crippen molar-refractivity contribution in [2.24, 2.45) is 4.99 Å². The molecule has 0 aliphatic heterocycles. The number of amides is 2. The van der Waals surface area contributed by atoms with Gasteiger partial charge in [-0.25, -0.2) is 4.79 Å². The maximum atomic E-state index is 12.2. The third-order valence-electron chi connectivity index (χ3n) is 4.65. The average molecular weight is 448 g/mol. The minimum Gasteiger partial charge on any atom is -0.444 e. The summed E-state index contributed by atoms with van der Waals surface area (Å²) in [6, 6.07) is 7.71. The molecule has 0 aliphatic carbocycles. The molecule has 0 bridgehead atoms. The van der Waals surface area contributed by atoms with Gasteiger partial charge in [-0.3, -0.25) is 9.79 Å². The quantitative estimate of drug-likeness (QED) is 0.378. The van der Waals surface area contributed by atoms with Crippen molar-refractivity contribution in [3.63, 3.8) is 0 Å². The first-order chi connectivity index (χ1) is 15.1. The number of unbranched alkanes of at least 4 members (excludes halogenated alkanes) is 1. The molecule has 0 fully saturated rings. The summed E-state index contributed by atoms with van der Waals surface area (Å²) in [5.74, 6) is 0.672. The van der Waals surface area contributed by atoms with Crippen LogP contribution in [0.4, 0.5) is 4.79 Å². The SMILES string of the molecule is CCCCC(CNC(=O)OC(C)(C)C)NC(=NC)NCCc1cccc(C(=O)N(C)C)c1. The fourth-order valence-corrected chi connectivity index (χ4v) is 3.03. The Morgan fingerprint density at radius 2 is 1.91 bits per heavy atom. The summed E-state index contributed by atoms with van der Waals surface area (Å²) in [5, 5.41) is 9.56. The van der Waals surface area contributed by atoms with Gasteiger partial charge in [0.15, 0.2) is 5.96 Å². The van der Waals surface area contributed by atoms with E-state index in [4.69, 9.17) is 4.74 Å². The van der Waals surface area contributed by atoms with Gasteiger partial charge in [-0.1, -0.05) is 31.9 Å². The molecule has 2 amide bonds. The summed E-state index contributed by atoms with van der Waals surface area (Å²) < 4.78 is 5.33. The second-order valence-corrected chi connectivity index (χ2v) is 9.02. The van der Waals surface area contributed by atoms with Crippen LogP contribution in [0.5, 0.6) is 0 Å². The first kappa shape index (κ1) is 27.3. The second-order valence-electron chi connectivity index (χ2n) is 9.02. The highest BCUT2D eigenvalue weighted by molar-refractivity contribution is 5.94. The molecule has 8 heteroatoms. The van der Waals surface area contributed by atoms with Crippen LogP contribution in [-0.4, -0.2) is 68.7 Å². The number of nitrogens with one attached hydrogen (secondary N) is 3. The van der Waals surface area contributed by atoms with Gasteiger partial charge in [-0.05, 0) is 51.3 Å². The number of aliphatic imine (C=N–C) groups is 1. The highest BCUT2D eigenvalue weighted by Crippen LogP contribution is 2.08. The molecule has 180 valence electrons. The number of benzene rings is 1.